The van der Waals surface area contributed by atoms with Crippen LogP contribution in [0.1, 0.15) is 63.0 Å². The molecule has 3 aromatic rings. The Hall–Kier alpha value is -2.59. The van der Waals surface area contributed by atoms with Crippen molar-refractivity contribution in [2.24, 2.45) is 0 Å². The summed E-state index contributed by atoms with van der Waals surface area (Å²) in [6.45, 7) is 2.23. The summed E-state index contributed by atoms with van der Waals surface area (Å²) in [5.74, 6) is 1.57. The third kappa shape index (κ3) is 8.70. The van der Waals surface area contributed by atoms with Gasteiger partial charge in [0, 0.05) is 0 Å². The van der Waals surface area contributed by atoms with Crippen LogP contribution in [0.25, 0.3) is 0 Å². The minimum atomic E-state index is -3.25. The third-order valence-corrected chi connectivity index (χ3v) is 7.70. The topological polar surface area (TPSA) is 43.4 Å². The highest BCUT2D eigenvalue weighted by molar-refractivity contribution is 7.91. The molecule has 0 amide bonds. The third-order valence-electron chi connectivity index (χ3n) is 5.88. The van der Waals surface area contributed by atoms with Gasteiger partial charge in [-0.25, -0.2) is 8.42 Å². The summed E-state index contributed by atoms with van der Waals surface area (Å²) in [5.41, 5.74) is 2.83. The molecule has 0 bridgehead atoms. The molecule has 0 aromatic heterocycles. The molecule has 3 nitrogen and oxygen atoms in total. The molecule has 4 heteroatoms. The second-order valence-electron chi connectivity index (χ2n) is 8.64. The van der Waals surface area contributed by atoms with Crippen LogP contribution >= 0.6 is 0 Å². The van der Waals surface area contributed by atoms with Gasteiger partial charge in [-0.3, -0.25) is 0 Å². The summed E-state index contributed by atoms with van der Waals surface area (Å²) >= 11 is 0. The molecule has 0 aliphatic rings. The van der Waals surface area contributed by atoms with Crippen molar-refractivity contribution in [2.45, 2.75) is 69.6 Å². The molecule has 0 saturated heterocycles. The number of para-hydroxylation sites is 1. The smallest absolute Gasteiger partial charge is 0.178 e. The van der Waals surface area contributed by atoms with Crippen LogP contribution in [0.3, 0.4) is 0 Å². The van der Waals surface area contributed by atoms with E-state index in [0.717, 1.165) is 37.9 Å². The second-order valence-corrected chi connectivity index (χ2v) is 10.8. The van der Waals surface area contributed by atoms with E-state index in [0.29, 0.717) is 17.1 Å². The van der Waals surface area contributed by atoms with Crippen LogP contribution in [0.4, 0.5) is 0 Å². The average Bonchev–Trinajstić information content (AvgIpc) is 2.84. The fourth-order valence-corrected chi connectivity index (χ4v) is 5.23. The molecule has 0 saturated carbocycles. The normalized spacial score (nSPS) is 11.4. The molecule has 0 aliphatic carbocycles. The van der Waals surface area contributed by atoms with E-state index < -0.39 is 9.84 Å². The molecule has 3 rings (SSSR count). The van der Waals surface area contributed by atoms with E-state index in [4.69, 9.17) is 4.74 Å². The molecule has 0 atom stereocenters. The largest absolute Gasteiger partial charge is 0.457 e. The van der Waals surface area contributed by atoms with Crippen LogP contribution in [0.2, 0.25) is 0 Å². The van der Waals surface area contributed by atoms with Gasteiger partial charge in [-0.05, 0) is 79.6 Å². The van der Waals surface area contributed by atoms with E-state index in [-0.39, 0.29) is 5.75 Å². The highest BCUT2D eigenvalue weighted by atomic mass is 32.2. The van der Waals surface area contributed by atoms with E-state index in [1.807, 2.05) is 30.3 Å². The van der Waals surface area contributed by atoms with E-state index in [2.05, 4.69) is 31.2 Å². The molecule has 0 aliphatic heterocycles. The van der Waals surface area contributed by atoms with Crippen molar-refractivity contribution in [3.63, 3.8) is 0 Å². The highest BCUT2D eigenvalue weighted by Crippen LogP contribution is 2.23. The Morgan fingerprint density at radius 1 is 0.606 bits per heavy atom. The highest BCUT2D eigenvalue weighted by Gasteiger charge is 2.14. The van der Waals surface area contributed by atoms with Crippen molar-refractivity contribution in [2.75, 3.05) is 5.75 Å². The SMILES string of the molecule is CCCCc1ccc(CCCCCCCS(=O)(=O)c2ccc(Oc3ccccc3)cc2)cc1. The van der Waals surface area contributed by atoms with Crippen molar-refractivity contribution in [3.05, 3.63) is 90.0 Å². The summed E-state index contributed by atoms with van der Waals surface area (Å²) in [5, 5.41) is 0. The lowest BCUT2D eigenvalue weighted by Gasteiger charge is -2.08. The standard InChI is InChI=1S/C29H36O3S/c1-2-3-12-25-16-18-26(19-17-25)13-8-5-4-6-11-24-33(30,31)29-22-20-28(21-23-29)32-27-14-9-7-10-15-27/h7,9-10,14-23H,2-6,8,11-13,24H2,1H3. The number of aryl methyl sites for hydroxylation is 2. The maximum Gasteiger partial charge on any atom is 0.178 e. The summed E-state index contributed by atoms with van der Waals surface area (Å²) in [6.07, 6.45) is 9.79. The lowest BCUT2D eigenvalue weighted by atomic mass is 10.0. The Labute approximate surface area is 199 Å². The molecule has 0 heterocycles. The van der Waals surface area contributed by atoms with Crippen molar-refractivity contribution in [3.8, 4) is 11.5 Å². The summed E-state index contributed by atoms with van der Waals surface area (Å²) in [7, 11) is -3.25. The van der Waals surface area contributed by atoms with Crippen LogP contribution in [0.5, 0.6) is 11.5 Å². The number of unbranched alkanes of at least 4 members (excludes halogenated alkanes) is 5. The zero-order chi connectivity index (χ0) is 23.4. The van der Waals surface area contributed by atoms with E-state index >= 15 is 0 Å². The van der Waals surface area contributed by atoms with E-state index in [9.17, 15) is 8.42 Å². The van der Waals surface area contributed by atoms with Crippen LogP contribution in [-0.2, 0) is 22.7 Å². The zero-order valence-corrected chi connectivity index (χ0v) is 20.5. The van der Waals surface area contributed by atoms with Crippen LogP contribution < -0.4 is 4.74 Å². The maximum atomic E-state index is 12.6. The molecule has 33 heavy (non-hydrogen) atoms. The predicted octanol–water partition coefficient (Wildman–Crippen LogP) is 7.79. The molecule has 0 N–H and O–H groups in total. The number of hydrogen-bond donors (Lipinski definition) is 0. The van der Waals surface area contributed by atoms with Crippen molar-refractivity contribution >= 4 is 9.84 Å². The average molecular weight is 465 g/mol. The first kappa shape index (κ1) is 25.0. The van der Waals surface area contributed by atoms with Gasteiger partial charge in [-0.15, -0.1) is 0 Å². The molecular weight excluding hydrogens is 428 g/mol. The van der Waals surface area contributed by atoms with Gasteiger partial charge in [0.2, 0.25) is 0 Å². The number of hydrogen-bond acceptors (Lipinski definition) is 3. The molecule has 0 radical (unpaired) electrons. The first-order valence-corrected chi connectivity index (χ1v) is 13.9. The van der Waals surface area contributed by atoms with Crippen molar-refractivity contribution in [1.82, 2.24) is 0 Å². The molecule has 0 fully saturated rings. The Morgan fingerprint density at radius 2 is 1.15 bits per heavy atom. The van der Waals surface area contributed by atoms with Gasteiger partial charge in [0.25, 0.3) is 0 Å². The van der Waals surface area contributed by atoms with E-state index in [1.165, 1.54) is 30.4 Å². The fraction of sp³-hybridized carbons (Fsp3) is 0.379. The molecular formula is C29H36O3S. The molecule has 0 spiro atoms. The fourth-order valence-electron chi connectivity index (χ4n) is 3.86. The van der Waals surface area contributed by atoms with Gasteiger partial charge in [-0.2, -0.15) is 0 Å². The van der Waals surface area contributed by atoms with Crippen LogP contribution in [0, 0.1) is 0 Å². The quantitative estimate of drug-likeness (QED) is 0.229. The minimum absolute atomic E-state index is 0.200. The Kier molecular flexibility index (Phi) is 10.0. The summed E-state index contributed by atoms with van der Waals surface area (Å²) in [6, 6.07) is 25.2. The molecule has 3 aromatic carbocycles. The van der Waals surface area contributed by atoms with Crippen LogP contribution in [-0.4, -0.2) is 14.2 Å². The lowest BCUT2D eigenvalue weighted by Crippen LogP contribution is -2.06. The van der Waals surface area contributed by atoms with Gasteiger partial charge >= 0.3 is 0 Å². The predicted molar refractivity (Wildman–Crippen MR) is 137 cm³/mol. The lowest BCUT2D eigenvalue weighted by molar-refractivity contribution is 0.482. The summed E-state index contributed by atoms with van der Waals surface area (Å²) in [4.78, 5) is 0.366. The first-order chi connectivity index (χ1) is 16.1. The van der Waals surface area contributed by atoms with Crippen LogP contribution in [0.15, 0.2) is 83.8 Å². The van der Waals surface area contributed by atoms with Gasteiger partial charge < -0.3 is 4.74 Å². The van der Waals surface area contributed by atoms with Gasteiger partial charge in [0.05, 0.1) is 10.6 Å². The van der Waals surface area contributed by atoms with Gasteiger partial charge in [-0.1, -0.05) is 75.1 Å². The Morgan fingerprint density at radius 3 is 1.79 bits per heavy atom. The van der Waals surface area contributed by atoms with Crippen molar-refractivity contribution < 1.29 is 13.2 Å². The minimum Gasteiger partial charge on any atom is -0.457 e. The Bertz CT molecular complexity index is 1040. The number of benzene rings is 3. The summed E-state index contributed by atoms with van der Waals surface area (Å²) < 4.78 is 31.0. The number of rotatable bonds is 14. The van der Waals surface area contributed by atoms with Gasteiger partial charge in [0.15, 0.2) is 9.84 Å². The first-order valence-electron chi connectivity index (χ1n) is 12.2. The Balaban J connectivity index is 1.32. The van der Waals surface area contributed by atoms with Crippen molar-refractivity contribution in [1.29, 1.82) is 0 Å². The monoisotopic (exact) mass is 464 g/mol. The zero-order valence-electron chi connectivity index (χ0n) is 19.7. The number of ether oxygens (including phenoxy) is 1. The van der Waals surface area contributed by atoms with Gasteiger partial charge in [0.1, 0.15) is 11.5 Å². The number of sulfone groups is 1. The van der Waals surface area contributed by atoms with E-state index in [1.54, 1.807) is 24.3 Å². The second kappa shape index (κ2) is 13.2. The molecule has 176 valence electrons. The molecule has 0 unspecified atom stereocenters. The maximum absolute atomic E-state index is 12.6.